The Morgan fingerprint density at radius 1 is 1.30 bits per heavy atom. The van der Waals surface area contributed by atoms with Crippen LogP contribution < -0.4 is 5.32 Å². The third-order valence-corrected chi connectivity index (χ3v) is 3.79. The van der Waals surface area contributed by atoms with Crippen LogP contribution in [0.15, 0.2) is 40.8 Å². The van der Waals surface area contributed by atoms with E-state index >= 15 is 0 Å². The molecule has 0 fully saturated rings. The number of hydrogen-bond acceptors (Lipinski definition) is 4. The molecule has 124 valence electrons. The molecule has 2 unspecified atom stereocenters. The van der Waals surface area contributed by atoms with E-state index in [2.05, 4.69) is 5.32 Å². The lowest BCUT2D eigenvalue weighted by molar-refractivity contribution is -0.124. The summed E-state index contributed by atoms with van der Waals surface area (Å²) in [5.41, 5.74) is -0.701. The lowest BCUT2D eigenvalue weighted by Crippen LogP contribution is -2.38. The molecule has 1 heterocycles. The van der Waals surface area contributed by atoms with Gasteiger partial charge >= 0.3 is 0 Å². The minimum absolute atomic E-state index is 0.00781. The highest BCUT2D eigenvalue weighted by atomic mass is 35.5. The molecule has 3 N–H and O–H groups in total. The van der Waals surface area contributed by atoms with Gasteiger partial charge in [0.25, 0.3) is 0 Å². The molecular weight excluding hydrogens is 318 g/mol. The van der Waals surface area contributed by atoms with Crippen LogP contribution in [0.25, 0.3) is 0 Å². The molecule has 1 aromatic heterocycles. The van der Waals surface area contributed by atoms with Crippen molar-refractivity contribution >= 4 is 17.5 Å². The van der Waals surface area contributed by atoms with Gasteiger partial charge in [0.05, 0.1) is 19.1 Å². The molecule has 0 spiro atoms. The molecule has 2 aromatic rings. The molecule has 0 aliphatic heterocycles. The molecule has 2 atom stereocenters. The van der Waals surface area contributed by atoms with Crippen LogP contribution in [0, 0.1) is 6.92 Å². The predicted octanol–water partition coefficient (Wildman–Crippen LogP) is 2.69. The van der Waals surface area contributed by atoms with Crippen molar-refractivity contribution < 1.29 is 19.4 Å². The van der Waals surface area contributed by atoms with Gasteiger partial charge in [0.1, 0.15) is 17.1 Å². The second-order valence-electron chi connectivity index (χ2n) is 5.73. The fraction of sp³-hybridized carbons (Fsp3) is 0.353. The fourth-order valence-electron chi connectivity index (χ4n) is 2.13. The second kappa shape index (κ2) is 7.17. The first kappa shape index (κ1) is 17.5. The molecule has 6 heteroatoms. The number of carbonyl (C=O) groups excluding carboxylic acids is 1. The molecule has 1 amide bonds. The molecule has 5 nitrogen and oxygen atoms in total. The summed E-state index contributed by atoms with van der Waals surface area (Å²) in [5, 5.41) is 23.6. The van der Waals surface area contributed by atoms with Crippen molar-refractivity contribution in [3.63, 3.8) is 0 Å². The van der Waals surface area contributed by atoms with Crippen molar-refractivity contribution in [1.82, 2.24) is 5.32 Å². The summed E-state index contributed by atoms with van der Waals surface area (Å²) in [5.74, 6) is 0.703. The molecule has 0 radical (unpaired) electrons. The number of benzene rings is 1. The standard InChI is InChI=1S/C17H20ClNO4/c1-11-3-8-15(23-11)17(2,22)10-19-16(21)9-14(20)12-4-6-13(18)7-5-12/h3-8,14,20,22H,9-10H2,1-2H3,(H,19,21). The number of aliphatic hydroxyl groups is 2. The van der Waals surface area contributed by atoms with Crippen LogP contribution >= 0.6 is 11.6 Å². The van der Waals surface area contributed by atoms with Gasteiger partial charge in [0, 0.05) is 5.02 Å². The number of halogens is 1. The summed E-state index contributed by atoms with van der Waals surface area (Å²) in [6, 6.07) is 10.1. The molecular formula is C17H20ClNO4. The summed E-state index contributed by atoms with van der Waals surface area (Å²) >= 11 is 5.78. The average molecular weight is 338 g/mol. The SMILES string of the molecule is Cc1ccc(C(C)(O)CNC(=O)CC(O)c2ccc(Cl)cc2)o1. The summed E-state index contributed by atoms with van der Waals surface area (Å²) in [6.07, 6.45) is -1.03. The first-order valence-electron chi connectivity index (χ1n) is 7.27. The average Bonchev–Trinajstić information content (AvgIpc) is 2.93. The van der Waals surface area contributed by atoms with Gasteiger partial charge in [0.15, 0.2) is 0 Å². The van der Waals surface area contributed by atoms with E-state index in [9.17, 15) is 15.0 Å². The Morgan fingerprint density at radius 3 is 2.52 bits per heavy atom. The Balaban J connectivity index is 1.88. The summed E-state index contributed by atoms with van der Waals surface area (Å²) < 4.78 is 5.38. The van der Waals surface area contributed by atoms with Gasteiger partial charge in [-0.15, -0.1) is 0 Å². The summed E-state index contributed by atoms with van der Waals surface area (Å²) in [7, 11) is 0. The number of furan rings is 1. The molecule has 0 aliphatic rings. The zero-order valence-corrected chi connectivity index (χ0v) is 13.8. The molecule has 0 saturated heterocycles. The van der Waals surface area contributed by atoms with Gasteiger partial charge in [-0.05, 0) is 43.7 Å². The molecule has 0 saturated carbocycles. The fourth-order valence-corrected chi connectivity index (χ4v) is 2.26. The molecule has 23 heavy (non-hydrogen) atoms. The van der Waals surface area contributed by atoms with Crippen LogP contribution in [-0.2, 0) is 10.4 Å². The van der Waals surface area contributed by atoms with E-state index < -0.39 is 11.7 Å². The predicted molar refractivity (Wildman–Crippen MR) is 87.1 cm³/mol. The third-order valence-electron chi connectivity index (χ3n) is 3.53. The second-order valence-corrected chi connectivity index (χ2v) is 6.17. The van der Waals surface area contributed by atoms with Crippen LogP contribution in [0.3, 0.4) is 0 Å². The van der Waals surface area contributed by atoms with Crippen molar-refractivity contribution in [1.29, 1.82) is 0 Å². The highest BCUT2D eigenvalue weighted by molar-refractivity contribution is 6.30. The van der Waals surface area contributed by atoms with Crippen molar-refractivity contribution in [2.45, 2.75) is 32.0 Å². The maximum Gasteiger partial charge on any atom is 0.223 e. The van der Waals surface area contributed by atoms with Gasteiger partial charge < -0.3 is 19.9 Å². The van der Waals surface area contributed by atoms with E-state index in [-0.39, 0.29) is 18.9 Å². The quantitative estimate of drug-likeness (QED) is 0.757. The highest BCUT2D eigenvalue weighted by Crippen LogP contribution is 2.23. The summed E-state index contributed by atoms with van der Waals surface area (Å²) in [6.45, 7) is 3.33. The number of rotatable bonds is 6. The Hall–Kier alpha value is -1.82. The Labute approximate surface area is 139 Å². The maximum atomic E-state index is 11.9. The van der Waals surface area contributed by atoms with E-state index in [0.717, 1.165) is 0 Å². The van der Waals surface area contributed by atoms with Crippen LogP contribution in [0.4, 0.5) is 0 Å². The number of amides is 1. The highest BCUT2D eigenvalue weighted by Gasteiger charge is 2.27. The molecule has 1 aromatic carbocycles. The van der Waals surface area contributed by atoms with Crippen LogP contribution in [0.2, 0.25) is 5.02 Å². The molecule has 0 aliphatic carbocycles. The number of carbonyl (C=O) groups is 1. The van der Waals surface area contributed by atoms with Crippen molar-refractivity contribution in [2.75, 3.05) is 6.54 Å². The van der Waals surface area contributed by atoms with E-state index in [1.165, 1.54) is 0 Å². The third kappa shape index (κ3) is 4.82. The number of aryl methyl sites for hydroxylation is 1. The van der Waals surface area contributed by atoms with E-state index in [4.69, 9.17) is 16.0 Å². The summed E-state index contributed by atoms with van der Waals surface area (Å²) in [4.78, 5) is 11.9. The van der Waals surface area contributed by atoms with Crippen molar-refractivity contribution in [2.24, 2.45) is 0 Å². The minimum atomic E-state index is -1.31. The zero-order valence-electron chi connectivity index (χ0n) is 13.0. The van der Waals surface area contributed by atoms with Crippen LogP contribution in [0.1, 0.15) is 36.5 Å². The largest absolute Gasteiger partial charge is 0.463 e. The van der Waals surface area contributed by atoms with Crippen molar-refractivity contribution in [3.8, 4) is 0 Å². The van der Waals surface area contributed by atoms with E-state index in [1.54, 1.807) is 50.2 Å². The maximum absolute atomic E-state index is 11.9. The zero-order chi connectivity index (χ0) is 17.0. The van der Waals surface area contributed by atoms with Gasteiger partial charge in [-0.25, -0.2) is 0 Å². The Bertz CT molecular complexity index is 663. The first-order valence-corrected chi connectivity index (χ1v) is 7.65. The molecule has 0 bridgehead atoms. The Kier molecular flexibility index (Phi) is 5.46. The molecule has 2 rings (SSSR count). The van der Waals surface area contributed by atoms with Crippen LogP contribution in [0.5, 0.6) is 0 Å². The van der Waals surface area contributed by atoms with Gasteiger partial charge in [-0.2, -0.15) is 0 Å². The topological polar surface area (TPSA) is 82.7 Å². The lowest BCUT2D eigenvalue weighted by atomic mass is 10.0. The Morgan fingerprint density at radius 2 is 1.96 bits per heavy atom. The van der Waals surface area contributed by atoms with E-state index in [0.29, 0.717) is 22.1 Å². The number of aliphatic hydroxyl groups excluding tert-OH is 1. The smallest absolute Gasteiger partial charge is 0.223 e. The van der Waals surface area contributed by atoms with Gasteiger partial charge in [-0.1, -0.05) is 23.7 Å². The number of hydrogen-bond donors (Lipinski definition) is 3. The van der Waals surface area contributed by atoms with Gasteiger partial charge in [-0.3, -0.25) is 4.79 Å². The van der Waals surface area contributed by atoms with Gasteiger partial charge in [0.2, 0.25) is 5.91 Å². The normalized spacial score (nSPS) is 15.0. The lowest BCUT2D eigenvalue weighted by Gasteiger charge is -2.21. The van der Waals surface area contributed by atoms with Crippen molar-refractivity contribution in [3.05, 3.63) is 58.5 Å². The monoisotopic (exact) mass is 337 g/mol. The number of nitrogens with one attached hydrogen (secondary N) is 1. The van der Waals surface area contributed by atoms with E-state index in [1.807, 2.05) is 0 Å². The first-order chi connectivity index (χ1) is 10.8. The van der Waals surface area contributed by atoms with Crippen LogP contribution in [-0.4, -0.2) is 22.7 Å². The minimum Gasteiger partial charge on any atom is -0.463 e.